The predicted molar refractivity (Wildman–Crippen MR) is 75.7 cm³/mol. The second-order valence-electron chi connectivity index (χ2n) is 5.01. The number of carbonyl (C=O) groups is 1. The van der Waals surface area contributed by atoms with Crippen molar-refractivity contribution in [2.75, 3.05) is 0 Å². The maximum absolute atomic E-state index is 11.8. The predicted octanol–water partition coefficient (Wildman–Crippen LogP) is 3.66. The number of carbonyl (C=O) groups excluding carboxylic acids is 1. The molecule has 1 atom stereocenters. The molecule has 102 valence electrons. The van der Waals surface area contributed by atoms with Gasteiger partial charge in [0.1, 0.15) is 6.61 Å². The molecule has 0 aliphatic heterocycles. The first-order valence-corrected chi connectivity index (χ1v) is 6.89. The van der Waals surface area contributed by atoms with Gasteiger partial charge in [-0.2, -0.15) is 0 Å². The molecule has 1 fully saturated rings. The molecule has 2 rings (SSSR count). The molecule has 0 saturated heterocycles. The first-order valence-electron chi connectivity index (χ1n) is 6.89. The monoisotopic (exact) mass is 259 g/mol. The summed E-state index contributed by atoms with van der Waals surface area (Å²) in [6, 6.07) is 9.72. The van der Waals surface area contributed by atoms with Gasteiger partial charge in [0.2, 0.25) is 0 Å². The summed E-state index contributed by atoms with van der Waals surface area (Å²) >= 11 is 0. The number of ether oxygens (including phenoxy) is 1. The smallest absolute Gasteiger partial charge is 0.407 e. The second-order valence-corrected chi connectivity index (χ2v) is 5.01. The number of hydrogen-bond acceptors (Lipinski definition) is 2. The van der Waals surface area contributed by atoms with Crippen molar-refractivity contribution in [2.45, 2.75) is 38.3 Å². The van der Waals surface area contributed by atoms with Crippen molar-refractivity contribution in [3.63, 3.8) is 0 Å². The molecule has 0 spiro atoms. The molecule has 0 heterocycles. The third-order valence-corrected chi connectivity index (χ3v) is 3.66. The molecule has 1 aliphatic rings. The van der Waals surface area contributed by atoms with E-state index in [4.69, 9.17) is 4.74 Å². The van der Waals surface area contributed by atoms with Crippen LogP contribution in [0.15, 0.2) is 43.0 Å². The number of hydrogen-bond donors (Lipinski definition) is 1. The Hall–Kier alpha value is -1.77. The summed E-state index contributed by atoms with van der Waals surface area (Å²) < 4.78 is 5.22. The molecule has 0 bridgehead atoms. The molecule has 1 aliphatic carbocycles. The van der Waals surface area contributed by atoms with Gasteiger partial charge in [-0.05, 0) is 24.3 Å². The van der Waals surface area contributed by atoms with Crippen LogP contribution in [0, 0.1) is 5.92 Å². The van der Waals surface area contributed by atoms with E-state index in [9.17, 15) is 4.79 Å². The lowest BCUT2D eigenvalue weighted by atomic mass is 9.98. The molecular formula is C16H21NO2. The van der Waals surface area contributed by atoms with E-state index in [0.29, 0.717) is 12.5 Å². The molecule has 3 heteroatoms. The van der Waals surface area contributed by atoms with Crippen LogP contribution in [0.4, 0.5) is 4.79 Å². The minimum absolute atomic E-state index is 0.0331. The Morgan fingerprint density at radius 2 is 2.05 bits per heavy atom. The maximum Gasteiger partial charge on any atom is 0.407 e. The quantitative estimate of drug-likeness (QED) is 0.819. The molecule has 1 amide bonds. The van der Waals surface area contributed by atoms with E-state index in [2.05, 4.69) is 11.9 Å². The Kier molecular flexibility index (Phi) is 5.01. The Bertz CT molecular complexity index is 410. The lowest BCUT2D eigenvalue weighted by Crippen LogP contribution is -2.38. The Morgan fingerprint density at radius 1 is 1.37 bits per heavy atom. The van der Waals surface area contributed by atoms with E-state index in [-0.39, 0.29) is 12.1 Å². The molecule has 0 unspecified atom stereocenters. The van der Waals surface area contributed by atoms with Gasteiger partial charge in [-0.1, -0.05) is 49.2 Å². The number of alkyl carbamates (subject to hydrolysis) is 1. The summed E-state index contributed by atoms with van der Waals surface area (Å²) in [4.78, 5) is 11.8. The first kappa shape index (κ1) is 13.7. The zero-order valence-corrected chi connectivity index (χ0v) is 11.2. The Labute approximate surface area is 114 Å². The van der Waals surface area contributed by atoms with Crippen molar-refractivity contribution >= 4 is 6.09 Å². The van der Waals surface area contributed by atoms with Crippen LogP contribution in [0.5, 0.6) is 0 Å². The van der Waals surface area contributed by atoms with Crippen LogP contribution in [-0.2, 0) is 11.3 Å². The fourth-order valence-electron chi connectivity index (χ4n) is 2.59. The van der Waals surface area contributed by atoms with Crippen LogP contribution in [0.3, 0.4) is 0 Å². The first-order chi connectivity index (χ1) is 9.29. The van der Waals surface area contributed by atoms with Gasteiger partial charge in [-0.3, -0.25) is 0 Å². The van der Waals surface area contributed by atoms with Crippen molar-refractivity contribution in [3.05, 3.63) is 48.6 Å². The van der Waals surface area contributed by atoms with E-state index in [0.717, 1.165) is 18.4 Å². The van der Waals surface area contributed by atoms with Gasteiger partial charge >= 0.3 is 6.09 Å². The third-order valence-electron chi connectivity index (χ3n) is 3.66. The lowest BCUT2D eigenvalue weighted by Gasteiger charge is -2.20. The highest BCUT2D eigenvalue weighted by atomic mass is 16.5. The summed E-state index contributed by atoms with van der Waals surface area (Å²) in [5, 5.41) is 2.90. The number of rotatable bonds is 5. The van der Waals surface area contributed by atoms with Gasteiger partial charge in [0, 0.05) is 0 Å². The summed E-state index contributed by atoms with van der Waals surface area (Å²) in [5.74, 6) is 0.516. The summed E-state index contributed by atoms with van der Waals surface area (Å²) in [7, 11) is 0. The third kappa shape index (κ3) is 4.12. The average Bonchev–Trinajstić information content (AvgIpc) is 2.97. The van der Waals surface area contributed by atoms with Crippen molar-refractivity contribution in [1.29, 1.82) is 0 Å². The molecule has 3 nitrogen and oxygen atoms in total. The lowest BCUT2D eigenvalue weighted by molar-refractivity contribution is 0.134. The molecule has 0 radical (unpaired) electrons. The number of benzene rings is 1. The highest BCUT2D eigenvalue weighted by molar-refractivity contribution is 5.68. The zero-order chi connectivity index (χ0) is 13.5. The molecule has 1 aromatic carbocycles. The second kappa shape index (κ2) is 6.98. The highest BCUT2D eigenvalue weighted by Gasteiger charge is 2.24. The van der Waals surface area contributed by atoms with Gasteiger partial charge in [-0.25, -0.2) is 4.79 Å². The fourth-order valence-corrected chi connectivity index (χ4v) is 2.59. The van der Waals surface area contributed by atoms with Crippen molar-refractivity contribution < 1.29 is 9.53 Å². The minimum atomic E-state index is -0.361. The van der Waals surface area contributed by atoms with Gasteiger partial charge < -0.3 is 10.1 Å². The molecule has 19 heavy (non-hydrogen) atoms. The van der Waals surface area contributed by atoms with Crippen LogP contribution in [0.2, 0.25) is 0 Å². The molecule has 0 aromatic heterocycles. The van der Waals surface area contributed by atoms with Crippen LogP contribution >= 0.6 is 0 Å². The van der Waals surface area contributed by atoms with E-state index in [1.165, 1.54) is 12.8 Å². The van der Waals surface area contributed by atoms with Crippen molar-refractivity contribution in [1.82, 2.24) is 5.32 Å². The molecule has 1 aromatic rings. The molecule has 1 saturated carbocycles. The van der Waals surface area contributed by atoms with Crippen LogP contribution in [0.1, 0.15) is 31.2 Å². The standard InChI is InChI=1S/C16H21NO2/c1-2-15(14-10-6-7-11-14)17-16(18)19-12-13-8-4-3-5-9-13/h2-5,8-9,14-15H,1,6-7,10-12H2,(H,17,18)/t15-/m0/s1. The van der Waals surface area contributed by atoms with Crippen LogP contribution in [-0.4, -0.2) is 12.1 Å². The maximum atomic E-state index is 11.8. The van der Waals surface area contributed by atoms with E-state index in [1.54, 1.807) is 0 Å². The SMILES string of the molecule is C=C[C@H](NC(=O)OCc1ccccc1)C1CCCC1. The van der Waals surface area contributed by atoms with Gasteiger partial charge in [0.25, 0.3) is 0 Å². The van der Waals surface area contributed by atoms with E-state index < -0.39 is 0 Å². The Balaban J connectivity index is 1.78. The summed E-state index contributed by atoms with van der Waals surface area (Å²) in [6.07, 6.45) is 6.27. The van der Waals surface area contributed by atoms with Crippen LogP contribution < -0.4 is 5.32 Å². The van der Waals surface area contributed by atoms with Gasteiger partial charge in [0.05, 0.1) is 6.04 Å². The summed E-state index contributed by atoms with van der Waals surface area (Å²) in [6.45, 7) is 4.11. The van der Waals surface area contributed by atoms with Gasteiger partial charge in [-0.15, -0.1) is 6.58 Å². The van der Waals surface area contributed by atoms with Crippen molar-refractivity contribution in [2.24, 2.45) is 5.92 Å². The van der Waals surface area contributed by atoms with E-state index in [1.807, 2.05) is 36.4 Å². The fraction of sp³-hybridized carbons (Fsp3) is 0.438. The molecule has 1 N–H and O–H groups in total. The van der Waals surface area contributed by atoms with Crippen LogP contribution in [0.25, 0.3) is 0 Å². The molecular weight excluding hydrogens is 238 g/mol. The zero-order valence-electron chi connectivity index (χ0n) is 11.2. The van der Waals surface area contributed by atoms with E-state index >= 15 is 0 Å². The Morgan fingerprint density at radius 3 is 2.68 bits per heavy atom. The normalized spacial score (nSPS) is 16.8. The van der Waals surface area contributed by atoms with Crippen molar-refractivity contribution in [3.8, 4) is 0 Å². The minimum Gasteiger partial charge on any atom is -0.445 e. The van der Waals surface area contributed by atoms with Gasteiger partial charge in [0.15, 0.2) is 0 Å². The average molecular weight is 259 g/mol. The summed E-state index contributed by atoms with van der Waals surface area (Å²) in [5.41, 5.74) is 0.994. The largest absolute Gasteiger partial charge is 0.445 e. The highest BCUT2D eigenvalue weighted by Crippen LogP contribution is 2.28. The topological polar surface area (TPSA) is 38.3 Å². The number of nitrogens with one attached hydrogen (secondary N) is 1. The number of amides is 1.